The number of carbonyl (C=O) groups is 1. The van der Waals surface area contributed by atoms with E-state index in [1.807, 2.05) is 0 Å². The smallest absolute Gasteiger partial charge is 0.303 e. The van der Waals surface area contributed by atoms with Gasteiger partial charge in [-0.25, -0.2) is 0 Å². The predicted octanol–water partition coefficient (Wildman–Crippen LogP) is 4.03. The van der Waals surface area contributed by atoms with Crippen molar-refractivity contribution in [2.24, 2.45) is 0 Å². The van der Waals surface area contributed by atoms with Gasteiger partial charge in [0.2, 0.25) is 0 Å². The maximum Gasteiger partial charge on any atom is 0.303 e. The maximum atomic E-state index is 10.4. The number of hydrogen-bond donors (Lipinski definition) is 4. The second kappa shape index (κ2) is 18.2. The van der Waals surface area contributed by atoms with Crippen LogP contribution in [-0.2, 0) is 4.79 Å². The number of carboxylic acid groups (broad SMARTS) is 1. The van der Waals surface area contributed by atoms with E-state index < -0.39 is 12.1 Å². The van der Waals surface area contributed by atoms with Gasteiger partial charge >= 0.3 is 5.97 Å². The first-order valence-electron chi connectivity index (χ1n) is 10.2. The highest BCUT2D eigenvalue weighted by Crippen LogP contribution is 2.15. The molecule has 2 unspecified atom stereocenters. The average Bonchev–Trinajstić information content (AvgIpc) is 2.58. The van der Waals surface area contributed by atoms with Crippen LogP contribution in [0.3, 0.4) is 0 Å². The minimum Gasteiger partial charge on any atom is -0.481 e. The zero-order valence-corrected chi connectivity index (χ0v) is 15.9. The molecule has 0 aromatic carbocycles. The molecule has 5 heteroatoms. The molecule has 5 nitrogen and oxygen atoms in total. The predicted molar refractivity (Wildman–Crippen MR) is 101 cm³/mol. The van der Waals surface area contributed by atoms with Gasteiger partial charge in [0.05, 0.1) is 18.8 Å². The first kappa shape index (κ1) is 24.4. The van der Waals surface area contributed by atoms with Gasteiger partial charge in [-0.15, -0.1) is 0 Å². The fourth-order valence-electron chi connectivity index (χ4n) is 3.07. The molecule has 0 bridgehead atoms. The third kappa shape index (κ3) is 19.5. The van der Waals surface area contributed by atoms with Crippen molar-refractivity contribution in [2.45, 2.75) is 115 Å². The number of aliphatic hydroxyl groups excluding tert-OH is 3. The van der Waals surface area contributed by atoms with Crippen molar-refractivity contribution in [3.05, 3.63) is 0 Å². The number of rotatable bonds is 19. The molecule has 0 aliphatic carbocycles. The van der Waals surface area contributed by atoms with Crippen LogP contribution in [0.5, 0.6) is 0 Å². The molecular weight excluding hydrogens is 320 g/mol. The van der Waals surface area contributed by atoms with Crippen LogP contribution in [0.4, 0.5) is 0 Å². The SMILES string of the molecule is O=C(O)CCCCCCCCCCC(O)CCCCCCC(O)CO. The van der Waals surface area contributed by atoms with Gasteiger partial charge in [0.15, 0.2) is 0 Å². The molecule has 2 atom stereocenters. The van der Waals surface area contributed by atoms with Gasteiger partial charge in [-0.2, -0.15) is 0 Å². The van der Waals surface area contributed by atoms with Crippen molar-refractivity contribution in [2.75, 3.05) is 6.61 Å². The maximum absolute atomic E-state index is 10.4. The lowest BCUT2D eigenvalue weighted by atomic mass is 10.0. The Bertz CT molecular complexity index is 296. The summed E-state index contributed by atoms with van der Waals surface area (Å²) in [7, 11) is 0. The average molecular weight is 361 g/mol. The van der Waals surface area contributed by atoms with Gasteiger partial charge in [0.1, 0.15) is 0 Å². The molecule has 0 aromatic heterocycles. The fraction of sp³-hybridized carbons (Fsp3) is 0.950. The van der Waals surface area contributed by atoms with Crippen LogP contribution < -0.4 is 0 Å². The highest BCUT2D eigenvalue weighted by atomic mass is 16.4. The van der Waals surface area contributed by atoms with Crippen molar-refractivity contribution in [1.82, 2.24) is 0 Å². The number of carboxylic acids is 1. The van der Waals surface area contributed by atoms with Gasteiger partial charge in [-0.3, -0.25) is 4.79 Å². The number of unbranched alkanes of at least 4 members (excludes halogenated alkanes) is 10. The van der Waals surface area contributed by atoms with E-state index in [1.165, 1.54) is 25.7 Å². The van der Waals surface area contributed by atoms with Crippen LogP contribution in [0.25, 0.3) is 0 Å². The third-order valence-electron chi connectivity index (χ3n) is 4.71. The summed E-state index contributed by atoms with van der Waals surface area (Å²) in [6.07, 6.45) is 14.9. The van der Waals surface area contributed by atoms with E-state index in [9.17, 15) is 15.0 Å². The topological polar surface area (TPSA) is 98.0 Å². The molecule has 0 aliphatic heterocycles. The lowest BCUT2D eigenvalue weighted by Crippen LogP contribution is -2.11. The summed E-state index contributed by atoms with van der Waals surface area (Å²) in [5.41, 5.74) is 0. The Morgan fingerprint density at radius 1 is 0.600 bits per heavy atom. The third-order valence-corrected chi connectivity index (χ3v) is 4.71. The monoisotopic (exact) mass is 360 g/mol. The van der Waals surface area contributed by atoms with Crippen LogP contribution >= 0.6 is 0 Å². The van der Waals surface area contributed by atoms with Crippen molar-refractivity contribution in [3.8, 4) is 0 Å². The van der Waals surface area contributed by atoms with Crippen LogP contribution in [0, 0.1) is 0 Å². The van der Waals surface area contributed by atoms with Crippen LogP contribution in [0.2, 0.25) is 0 Å². The van der Waals surface area contributed by atoms with Gasteiger partial charge in [0.25, 0.3) is 0 Å². The van der Waals surface area contributed by atoms with Gasteiger partial charge in [0, 0.05) is 6.42 Å². The first-order valence-corrected chi connectivity index (χ1v) is 10.2. The molecular formula is C20H40O5. The van der Waals surface area contributed by atoms with E-state index in [1.54, 1.807) is 0 Å². The van der Waals surface area contributed by atoms with E-state index in [4.69, 9.17) is 10.2 Å². The Kier molecular flexibility index (Phi) is 17.7. The molecule has 0 radical (unpaired) electrons. The highest BCUT2D eigenvalue weighted by molar-refractivity contribution is 5.66. The van der Waals surface area contributed by atoms with Crippen molar-refractivity contribution in [3.63, 3.8) is 0 Å². The summed E-state index contributed by atoms with van der Waals surface area (Å²) in [5, 5.41) is 36.4. The summed E-state index contributed by atoms with van der Waals surface area (Å²) in [4.78, 5) is 10.4. The Balaban J connectivity index is 3.20. The molecule has 25 heavy (non-hydrogen) atoms. The van der Waals surface area contributed by atoms with E-state index in [0.717, 1.165) is 64.2 Å². The largest absolute Gasteiger partial charge is 0.481 e. The second-order valence-electron chi connectivity index (χ2n) is 7.24. The minimum absolute atomic E-state index is 0.149. The first-order chi connectivity index (χ1) is 12.1. The molecule has 0 rings (SSSR count). The molecule has 0 aromatic rings. The normalized spacial score (nSPS) is 13.7. The number of aliphatic carboxylic acids is 1. The minimum atomic E-state index is -0.695. The zero-order valence-electron chi connectivity index (χ0n) is 15.9. The summed E-state index contributed by atoms with van der Waals surface area (Å²) < 4.78 is 0. The molecule has 0 fully saturated rings. The molecule has 0 aliphatic rings. The Hall–Kier alpha value is -0.650. The van der Waals surface area contributed by atoms with Crippen molar-refractivity contribution in [1.29, 1.82) is 0 Å². The van der Waals surface area contributed by atoms with Gasteiger partial charge < -0.3 is 20.4 Å². The summed E-state index contributed by atoms with van der Waals surface area (Å²) in [6, 6.07) is 0. The van der Waals surface area contributed by atoms with Crippen LogP contribution in [0.15, 0.2) is 0 Å². The van der Waals surface area contributed by atoms with E-state index in [-0.39, 0.29) is 12.7 Å². The lowest BCUT2D eigenvalue weighted by Gasteiger charge is -2.10. The lowest BCUT2D eigenvalue weighted by molar-refractivity contribution is -0.137. The summed E-state index contributed by atoms with van der Waals surface area (Å²) in [5.74, 6) is -0.695. The molecule has 0 saturated heterocycles. The second-order valence-corrected chi connectivity index (χ2v) is 7.24. The standard InChI is InChI=1S/C20H40O5/c21-17-19(23)15-11-8-7-10-14-18(22)13-9-5-3-1-2-4-6-12-16-20(24)25/h18-19,21-23H,1-17H2,(H,24,25). The van der Waals surface area contributed by atoms with Crippen molar-refractivity contribution < 1.29 is 25.2 Å². The Labute approximate surface area is 153 Å². The molecule has 0 amide bonds. The Morgan fingerprint density at radius 2 is 0.960 bits per heavy atom. The molecule has 0 spiro atoms. The van der Waals surface area contributed by atoms with Gasteiger partial charge in [-0.1, -0.05) is 70.6 Å². The van der Waals surface area contributed by atoms with E-state index in [0.29, 0.717) is 12.8 Å². The quantitative estimate of drug-likeness (QED) is 0.261. The fourth-order valence-corrected chi connectivity index (χ4v) is 3.07. The summed E-state index contributed by atoms with van der Waals surface area (Å²) in [6.45, 7) is -0.149. The number of aliphatic hydroxyl groups is 3. The molecule has 0 heterocycles. The van der Waals surface area contributed by atoms with Crippen LogP contribution in [0.1, 0.15) is 103 Å². The zero-order chi connectivity index (χ0) is 18.8. The molecule has 150 valence electrons. The Morgan fingerprint density at radius 3 is 1.36 bits per heavy atom. The molecule has 4 N–H and O–H groups in total. The van der Waals surface area contributed by atoms with E-state index >= 15 is 0 Å². The van der Waals surface area contributed by atoms with E-state index in [2.05, 4.69) is 0 Å². The van der Waals surface area contributed by atoms with Crippen molar-refractivity contribution >= 4 is 5.97 Å². The number of hydrogen-bond acceptors (Lipinski definition) is 4. The highest BCUT2D eigenvalue weighted by Gasteiger charge is 2.05. The summed E-state index contributed by atoms with van der Waals surface area (Å²) >= 11 is 0. The van der Waals surface area contributed by atoms with Gasteiger partial charge in [-0.05, 0) is 25.7 Å². The van der Waals surface area contributed by atoms with Crippen LogP contribution in [-0.4, -0.2) is 45.2 Å². The molecule has 0 saturated carbocycles.